The number of amides is 2. The first-order valence-corrected chi connectivity index (χ1v) is 9.12. The smallest absolute Gasteiger partial charge is 0.325 e. The van der Waals surface area contributed by atoms with Crippen LogP contribution >= 0.6 is 11.3 Å². The van der Waals surface area contributed by atoms with E-state index in [0.29, 0.717) is 23.0 Å². The van der Waals surface area contributed by atoms with Gasteiger partial charge in [-0.15, -0.1) is 11.3 Å². The highest BCUT2D eigenvalue weighted by Crippen LogP contribution is 2.30. The molecule has 3 rings (SSSR count). The zero-order valence-corrected chi connectivity index (χ0v) is 15.1. The average Bonchev–Trinajstić information content (AvgIpc) is 3.23. The summed E-state index contributed by atoms with van der Waals surface area (Å²) in [5.41, 5.74) is 0. The van der Waals surface area contributed by atoms with E-state index in [1.54, 1.807) is 29.6 Å². The van der Waals surface area contributed by atoms with Gasteiger partial charge in [0.2, 0.25) is 0 Å². The van der Waals surface area contributed by atoms with Crippen molar-refractivity contribution in [3.63, 3.8) is 0 Å². The van der Waals surface area contributed by atoms with Crippen molar-refractivity contribution in [2.24, 2.45) is 0 Å². The maximum atomic E-state index is 11.8. The number of hydrogen-bond acceptors (Lipinski definition) is 7. The molecule has 1 aromatic carbocycles. The van der Waals surface area contributed by atoms with E-state index >= 15 is 0 Å². The Bertz CT molecular complexity index is 808. The largest absolute Gasteiger partial charge is 0.486 e. The van der Waals surface area contributed by atoms with Crippen molar-refractivity contribution in [2.45, 2.75) is 6.10 Å². The fourth-order valence-corrected chi connectivity index (χ4v) is 2.93. The van der Waals surface area contributed by atoms with Crippen LogP contribution in [0.3, 0.4) is 0 Å². The molecule has 0 fully saturated rings. The van der Waals surface area contributed by atoms with Crippen LogP contribution in [0.5, 0.6) is 11.5 Å². The Morgan fingerprint density at radius 2 is 1.93 bits per heavy atom. The van der Waals surface area contributed by atoms with Crippen LogP contribution in [0.25, 0.3) is 0 Å². The first-order chi connectivity index (χ1) is 13.1. The van der Waals surface area contributed by atoms with E-state index in [2.05, 4.69) is 10.6 Å². The molecule has 2 aromatic rings. The van der Waals surface area contributed by atoms with Gasteiger partial charge in [0.15, 0.2) is 18.1 Å². The Balaban J connectivity index is 1.32. The monoisotopic (exact) mass is 390 g/mol. The number of benzene rings is 1. The van der Waals surface area contributed by atoms with E-state index in [4.69, 9.17) is 14.2 Å². The molecular weight excluding hydrogens is 372 g/mol. The molecular formula is C18H18N2O6S. The highest BCUT2D eigenvalue weighted by Gasteiger charge is 2.21. The Morgan fingerprint density at radius 1 is 1.11 bits per heavy atom. The molecule has 1 aliphatic rings. The van der Waals surface area contributed by atoms with Gasteiger partial charge >= 0.3 is 5.97 Å². The fraction of sp³-hybridized carbons (Fsp3) is 0.278. The molecule has 1 aliphatic heterocycles. The number of para-hydroxylation sites is 2. The van der Waals surface area contributed by atoms with E-state index in [1.807, 2.05) is 12.1 Å². The molecule has 1 aromatic heterocycles. The van der Waals surface area contributed by atoms with Crippen LogP contribution in [0.1, 0.15) is 9.67 Å². The van der Waals surface area contributed by atoms with E-state index in [1.165, 1.54) is 11.3 Å². The summed E-state index contributed by atoms with van der Waals surface area (Å²) < 4.78 is 16.1. The lowest BCUT2D eigenvalue weighted by Gasteiger charge is -2.26. The normalized spacial score (nSPS) is 14.9. The molecule has 2 amide bonds. The Labute approximate surface area is 159 Å². The minimum atomic E-state index is -0.693. The third kappa shape index (κ3) is 5.45. The second-order valence-electron chi connectivity index (χ2n) is 5.62. The van der Waals surface area contributed by atoms with Crippen molar-refractivity contribution < 1.29 is 28.6 Å². The van der Waals surface area contributed by atoms with Gasteiger partial charge in [-0.05, 0) is 23.6 Å². The summed E-state index contributed by atoms with van der Waals surface area (Å²) in [5, 5.41) is 6.81. The van der Waals surface area contributed by atoms with Gasteiger partial charge in [0.1, 0.15) is 19.3 Å². The summed E-state index contributed by atoms with van der Waals surface area (Å²) in [6.07, 6.45) is -0.329. The quantitative estimate of drug-likeness (QED) is 0.683. The molecule has 0 bridgehead atoms. The van der Waals surface area contributed by atoms with E-state index in [0.717, 1.165) is 0 Å². The van der Waals surface area contributed by atoms with Crippen molar-refractivity contribution in [1.29, 1.82) is 0 Å². The summed E-state index contributed by atoms with van der Waals surface area (Å²) >= 11 is 1.27. The number of nitrogens with one attached hydrogen (secondary N) is 2. The van der Waals surface area contributed by atoms with Gasteiger partial charge in [0, 0.05) is 0 Å². The van der Waals surface area contributed by atoms with Gasteiger partial charge in [-0.2, -0.15) is 0 Å². The number of carbonyl (C=O) groups is 3. The van der Waals surface area contributed by atoms with Gasteiger partial charge in [-0.3, -0.25) is 14.4 Å². The molecule has 27 heavy (non-hydrogen) atoms. The second kappa shape index (κ2) is 9.04. The zero-order chi connectivity index (χ0) is 19.1. The minimum Gasteiger partial charge on any atom is -0.486 e. The topological polar surface area (TPSA) is 103 Å². The molecule has 0 unspecified atom stereocenters. The Hall–Kier alpha value is -3.07. The molecule has 0 spiro atoms. The molecule has 2 heterocycles. The van der Waals surface area contributed by atoms with Crippen molar-refractivity contribution in [3.05, 3.63) is 46.7 Å². The van der Waals surface area contributed by atoms with Crippen LogP contribution in [0.4, 0.5) is 0 Å². The molecule has 8 nitrogen and oxygen atoms in total. The molecule has 0 radical (unpaired) electrons. The second-order valence-corrected chi connectivity index (χ2v) is 6.57. The van der Waals surface area contributed by atoms with Crippen LogP contribution < -0.4 is 20.1 Å². The highest BCUT2D eigenvalue weighted by atomic mass is 32.1. The number of ether oxygens (including phenoxy) is 3. The number of hydrogen-bond donors (Lipinski definition) is 2. The molecule has 9 heteroatoms. The molecule has 0 aliphatic carbocycles. The predicted molar refractivity (Wildman–Crippen MR) is 97.0 cm³/mol. The van der Waals surface area contributed by atoms with Gasteiger partial charge in [-0.1, -0.05) is 18.2 Å². The summed E-state index contributed by atoms with van der Waals surface area (Å²) in [6, 6.07) is 10.7. The van der Waals surface area contributed by atoms with Crippen molar-refractivity contribution in [1.82, 2.24) is 10.6 Å². The average molecular weight is 390 g/mol. The fourth-order valence-electron chi connectivity index (χ4n) is 2.29. The predicted octanol–water partition coefficient (Wildman–Crippen LogP) is 0.977. The third-order valence-electron chi connectivity index (χ3n) is 3.60. The van der Waals surface area contributed by atoms with Crippen LogP contribution in [-0.4, -0.2) is 50.2 Å². The number of fused-ring (bicyclic) bond motifs is 1. The molecule has 1 atom stereocenters. The first-order valence-electron chi connectivity index (χ1n) is 8.24. The lowest BCUT2D eigenvalue weighted by Crippen LogP contribution is -2.42. The van der Waals surface area contributed by atoms with Crippen LogP contribution in [0, 0.1) is 0 Å². The van der Waals surface area contributed by atoms with Crippen molar-refractivity contribution in [2.75, 3.05) is 26.3 Å². The maximum absolute atomic E-state index is 11.8. The Morgan fingerprint density at radius 3 is 2.70 bits per heavy atom. The maximum Gasteiger partial charge on any atom is 0.325 e. The van der Waals surface area contributed by atoms with Crippen LogP contribution in [-0.2, 0) is 14.3 Å². The molecule has 0 saturated heterocycles. The lowest BCUT2D eigenvalue weighted by atomic mass is 10.2. The minimum absolute atomic E-state index is 0.222. The van der Waals surface area contributed by atoms with E-state index < -0.39 is 18.5 Å². The SMILES string of the molecule is O=C(COC(=O)CNC(=O)c1cccs1)NC[C@@H]1COc2ccccc2O1. The summed E-state index contributed by atoms with van der Waals surface area (Å²) in [4.78, 5) is 35.6. The van der Waals surface area contributed by atoms with Gasteiger partial charge in [0.25, 0.3) is 11.8 Å². The van der Waals surface area contributed by atoms with Crippen LogP contribution in [0.15, 0.2) is 41.8 Å². The highest BCUT2D eigenvalue weighted by molar-refractivity contribution is 7.12. The van der Waals surface area contributed by atoms with E-state index in [9.17, 15) is 14.4 Å². The first kappa shape index (κ1) is 18.7. The number of rotatable bonds is 7. The molecule has 0 saturated carbocycles. The number of thiophene rings is 1. The van der Waals surface area contributed by atoms with Crippen molar-refractivity contribution in [3.8, 4) is 11.5 Å². The summed E-state index contributed by atoms with van der Waals surface area (Å²) in [6.45, 7) is -0.204. The number of carbonyl (C=O) groups excluding carboxylic acids is 3. The summed E-state index contributed by atoms with van der Waals surface area (Å²) in [7, 11) is 0. The summed E-state index contributed by atoms with van der Waals surface area (Å²) in [5.74, 6) is -0.229. The lowest BCUT2D eigenvalue weighted by molar-refractivity contribution is -0.147. The standard InChI is InChI=1S/C18H18N2O6S/c21-16(11-25-17(22)9-20-18(23)15-6-3-7-27-15)19-8-12-10-24-13-4-1-2-5-14(13)26-12/h1-7,12H,8-11H2,(H,19,21)(H,20,23)/t12-/m1/s1. The molecule has 2 N–H and O–H groups in total. The third-order valence-corrected chi connectivity index (χ3v) is 4.47. The molecule has 142 valence electrons. The zero-order valence-electron chi connectivity index (χ0n) is 14.3. The van der Waals surface area contributed by atoms with E-state index in [-0.39, 0.29) is 25.1 Å². The number of esters is 1. The Kier molecular flexibility index (Phi) is 6.26. The van der Waals surface area contributed by atoms with Gasteiger partial charge in [0.05, 0.1) is 11.4 Å². The van der Waals surface area contributed by atoms with Gasteiger partial charge in [-0.25, -0.2) is 0 Å². The van der Waals surface area contributed by atoms with Crippen molar-refractivity contribution >= 4 is 29.1 Å². The van der Waals surface area contributed by atoms with Gasteiger partial charge < -0.3 is 24.8 Å². The van der Waals surface area contributed by atoms with Crippen LogP contribution in [0.2, 0.25) is 0 Å².